The van der Waals surface area contributed by atoms with E-state index in [1.54, 1.807) is 6.08 Å². The predicted octanol–water partition coefficient (Wildman–Crippen LogP) is 0.322. The van der Waals surface area contributed by atoms with Gasteiger partial charge in [-0.25, -0.2) is 0 Å². The molecule has 2 heterocycles. The molecule has 1 aromatic rings. The molecule has 12 heavy (non-hydrogen) atoms. The Morgan fingerprint density at radius 1 is 1.25 bits per heavy atom. The molecule has 4 heteroatoms. The Bertz CT molecular complexity index is 304. The Morgan fingerprint density at radius 2 is 2.00 bits per heavy atom. The molecular formula is C8H7NNa2O. The second-order valence-corrected chi connectivity index (χ2v) is 2.36. The Labute approximate surface area is 116 Å². The summed E-state index contributed by atoms with van der Waals surface area (Å²) in [5.74, 6) is 0.170. The number of ketones is 1. The first-order valence-electron chi connectivity index (χ1n) is 3.22. The Hall–Kier alpha value is 0.690. The maximum Gasteiger partial charge on any atom is 0.175 e. The van der Waals surface area contributed by atoms with Gasteiger partial charge >= 0.3 is 0 Å². The number of aromatic nitrogens is 1. The van der Waals surface area contributed by atoms with Crippen molar-refractivity contribution in [1.29, 1.82) is 0 Å². The zero-order valence-electron chi connectivity index (χ0n) is 7.45. The van der Waals surface area contributed by atoms with Gasteiger partial charge in [-0.1, -0.05) is 0 Å². The van der Waals surface area contributed by atoms with Crippen LogP contribution in [0.1, 0.15) is 5.69 Å². The largest absolute Gasteiger partial charge is 0.340 e. The van der Waals surface area contributed by atoms with Gasteiger partial charge in [0.05, 0.1) is 6.54 Å². The molecule has 0 amide bonds. The van der Waals surface area contributed by atoms with E-state index in [2.05, 4.69) is 0 Å². The molecule has 0 spiro atoms. The van der Waals surface area contributed by atoms with Gasteiger partial charge in [0, 0.05) is 71.0 Å². The molecule has 0 fully saturated rings. The summed E-state index contributed by atoms with van der Waals surface area (Å²) in [6.07, 6.45) is 5.37. The average molecular weight is 179 g/mol. The first kappa shape index (κ1) is 12.7. The van der Waals surface area contributed by atoms with E-state index in [0.717, 1.165) is 5.69 Å². The van der Waals surface area contributed by atoms with Crippen LogP contribution in [0.4, 0.5) is 0 Å². The second kappa shape index (κ2) is 5.43. The van der Waals surface area contributed by atoms with Crippen molar-refractivity contribution in [3.05, 3.63) is 30.1 Å². The van der Waals surface area contributed by atoms with Crippen molar-refractivity contribution in [2.45, 2.75) is 6.54 Å². The molecule has 1 aromatic heterocycles. The van der Waals surface area contributed by atoms with Crippen LogP contribution in [0.15, 0.2) is 24.4 Å². The van der Waals surface area contributed by atoms with Crippen LogP contribution in [0.3, 0.4) is 0 Å². The maximum atomic E-state index is 10.8. The predicted molar refractivity (Wildman–Crippen MR) is 50.0 cm³/mol. The van der Waals surface area contributed by atoms with E-state index in [-0.39, 0.29) is 64.9 Å². The molecule has 0 N–H and O–H groups in total. The van der Waals surface area contributed by atoms with Crippen molar-refractivity contribution in [2.75, 3.05) is 0 Å². The number of carbonyl (C=O) groups is 1. The standard InChI is InChI=1S/C8H7NO.2Na/c10-8-4-3-7-2-1-5-9(7)6-8;;/h1-5H,6H2;;. The number of allylic oxidation sites excluding steroid dienone is 1. The summed E-state index contributed by atoms with van der Waals surface area (Å²) in [7, 11) is 0. The fourth-order valence-corrected chi connectivity index (χ4v) is 1.12. The van der Waals surface area contributed by atoms with E-state index in [4.69, 9.17) is 0 Å². The van der Waals surface area contributed by atoms with Gasteiger partial charge < -0.3 is 4.57 Å². The minimum absolute atomic E-state index is 0. The van der Waals surface area contributed by atoms with Crippen LogP contribution in [0, 0.1) is 0 Å². The van der Waals surface area contributed by atoms with E-state index in [0.29, 0.717) is 6.54 Å². The van der Waals surface area contributed by atoms with Gasteiger partial charge in [0.15, 0.2) is 5.78 Å². The molecule has 0 saturated heterocycles. The third-order valence-electron chi connectivity index (χ3n) is 1.63. The zero-order valence-corrected chi connectivity index (χ0v) is 11.4. The summed E-state index contributed by atoms with van der Waals surface area (Å²) in [4.78, 5) is 10.8. The number of nitrogens with zero attached hydrogens (tertiary/aromatic N) is 1. The van der Waals surface area contributed by atoms with Gasteiger partial charge in [-0.05, 0) is 24.3 Å². The Morgan fingerprint density at radius 3 is 2.75 bits per heavy atom. The van der Waals surface area contributed by atoms with Crippen molar-refractivity contribution < 1.29 is 4.79 Å². The second-order valence-electron chi connectivity index (χ2n) is 2.36. The Kier molecular flexibility index (Phi) is 5.74. The molecule has 0 unspecified atom stereocenters. The van der Waals surface area contributed by atoms with Gasteiger partial charge in [-0.2, -0.15) is 0 Å². The molecule has 0 atom stereocenters. The molecule has 0 saturated carbocycles. The quantitative estimate of drug-likeness (QED) is 0.526. The van der Waals surface area contributed by atoms with Crippen LogP contribution < -0.4 is 0 Å². The molecule has 52 valence electrons. The zero-order chi connectivity index (χ0) is 6.97. The number of hydrogen-bond donors (Lipinski definition) is 0. The van der Waals surface area contributed by atoms with Crippen molar-refractivity contribution >= 4 is 71.0 Å². The number of carbonyl (C=O) groups excluding carboxylic acids is 1. The molecule has 1 aliphatic rings. The van der Waals surface area contributed by atoms with Crippen LogP contribution in [0.2, 0.25) is 0 Å². The normalized spacial score (nSPS) is 12.8. The number of hydrogen-bond acceptors (Lipinski definition) is 1. The average Bonchev–Trinajstić information content (AvgIpc) is 2.33. The molecule has 0 bridgehead atoms. The first-order valence-corrected chi connectivity index (χ1v) is 3.22. The van der Waals surface area contributed by atoms with Crippen LogP contribution in [-0.2, 0) is 11.3 Å². The minimum Gasteiger partial charge on any atom is -0.340 e. The van der Waals surface area contributed by atoms with Crippen molar-refractivity contribution in [3.8, 4) is 0 Å². The first-order chi connectivity index (χ1) is 4.86. The van der Waals surface area contributed by atoms with Gasteiger partial charge in [0.2, 0.25) is 0 Å². The fourth-order valence-electron chi connectivity index (χ4n) is 1.12. The van der Waals surface area contributed by atoms with Crippen LogP contribution in [-0.4, -0.2) is 69.5 Å². The third kappa shape index (κ3) is 2.59. The monoisotopic (exact) mass is 179 g/mol. The van der Waals surface area contributed by atoms with Crippen LogP contribution in [0.5, 0.6) is 0 Å². The van der Waals surface area contributed by atoms with E-state index in [1.807, 2.05) is 29.0 Å². The summed E-state index contributed by atoms with van der Waals surface area (Å²) in [5.41, 5.74) is 1.11. The minimum atomic E-state index is 0. The summed E-state index contributed by atoms with van der Waals surface area (Å²) in [5, 5.41) is 0. The molecule has 0 aliphatic carbocycles. The SMILES string of the molecule is O=C1C=Cc2cccn2C1.[Na].[Na]. The summed E-state index contributed by atoms with van der Waals surface area (Å²) in [6.45, 7) is 0.499. The number of fused-ring (bicyclic) bond motifs is 1. The van der Waals surface area contributed by atoms with Crippen LogP contribution >= 0.6 is 0 Å². The summed E-state index contributed by atoms with van der Waals surface area (Å²) in [6, 6.07) is 3.93. The van der Waals surface area contributed by atoms with Crippen molar-refractivity contribution in [2.24, 2.45) is 0 Å². The van der Waals surface area contributed by atoms with E-state index >= 15 is 0 Å². The molecule has 2 radical (unpaired) electrons. The van der Waals surface area contributed by atoms with Gasteiger partial charge in [-0.15, -0.1) is 0 Å². The van der Waals surface area contributed by atoms with Crippen molar-refractivity contribution in [3.63, 3.8) is 0 Å². The van der Waals surface area contributed by atoms with E-state index in [9.17, 15) is 4.79 Å². The molecule has 2 rings (SSSR count). The molecule has 1 aliphatic heterocycles. The van der Waals surface area contributed by atoms with Crippen LogP contribution in [0.25, 0.3) is 6.08 Å². The third-order valence-corrected chi connectivity index (χ3v) is 1.63. The Balaban J connectivity index is 0.000000605. The van der Waals surface area contributed by atoms with E-state index in [1.165, 1.54) is 0 Å². The smallest absolute Gasteiger partial charge is 0.175 e. The van der Waals surface area contributed by atoms with Gasteiger partial charge in [-0.3, -0.25) is 4.79 Å². The molecular weight excluding hydrogens is 172 g/mol. The summed E-state index contributed by atoms with van der Waals surface area (Å²) < 4.78 is 1.93. The summed E-state index contributed by atoms with van der Waals surface area (Å²) >= 11 is 0. The van der Waals surface area contributed by atoms with Gasteiger partial charge in [0.25, 0.3) is 0 Å². The molecule has 2 nitrogen and oxygen atoms in total. The topological polar surface area (TPSA) is 22.0 Å². The van der Waals surface area contributed by atoms with E-state index < -0.39 is 0 Å². The number of rotatable bonds is 0. The van der Waals surface area contributed by atoms with Crippen molar-refractivity contribution in [1.82, 2.24) is 4.57 Å². The maximum absolute atomic E-state index is 10.8. The van der Waals surface area contributed by atoms with Gasteiger partial charge in [0.1, 0.15) is 0 Å². The fraction of sp³-hybridized carbons (Fsp3) is 0.125. The molecule has 0 aromatic carbocycles.